The Bertz CT molecular complexity index is 500. The van der Waals surface area contributed by atoms with Gasteiger partial charge in [0.1, 0.15) is 5.02 Å². The Morgan fingerprint density at radius 1 is 1.41 bits per heavy atom. The molecule has 0 aliphatic rings. The number of alkyl halides is 3. The first-order valence-corrected chi connectivity index (χ1v) is 4.31. The van der Waals surface area contributed by atoms with Gasteiger partial charge in [-0.1, -0.05) is 11.6 Å². The van der Waals surface area contributed by atoms with Crippen LogP contribution in [0.5, 0.6) is 0 Å². The average Bonchev–Trinajstić information content (AvgIpc) is 2.14. The van der Waals surface area contributed by atoms with Gasteiger partial charge in [-0.15, -0.1) is 0 Å². The van der Waals surface area contributed by atoms with E-state index in [1.165, 1.54) is 0 Å². The average molecular weight is 270 g/mol. The molecule has 5 nitrogen and oxygen atoms in total. The van der Waals surface area contributed by atoms with Gasteiger partial charge in [-0.3, -0.25) is 10.1 Å². The fraction of sp³-hybridized carbons (Fsp3) is 0.125. The number of nitro benzene ring substituents is 1. The maximum Gasteiger partial charge on any atom is 0.417 e. The lowest BCUT2D eigenvalue weighted by atomic mass is 10.1. The second kappa shape index (κ2) is 4.21. The van der Waals surface area contributed by atoms with Gasteiger partial charge in [0, 0.05) is 6.07 Å². The molecular weight excluding hydrogens is 267 g/mol. The summed E-state index contributed by atoms with van der Waals surface area (Å²) in [6.45, 7) is 0. The fourth-order valence-electron chi connectivity index (χ4n) is 1.11. The first-order valence-electron chi connectivity index (χ1n) is 3.93. The van der Waals surface area contributed by atoms with Crippen LogP contribution in [0, 0.1) is 10.1 Å². The third-order valence-electron chi connectivity index (χ3n) is 1.82. The number of nitrogens with zero attached hydrogens (tertiary/aromatic N) is 1. The second-order valence-corrected chi connectivity index (χ2v) is 3.32. The maximum atomic E-state index is 12.4. The molecule has 0 saturated heterocycles. The Morgan fingerprint density at radius 2 is 1.94 bits per heavy atom. The Hall–Kier alpha value is -1.83. The molecule has 0 atom stereocenters. The van der Waals surface area contributed by atoms with E-state index < -0.39 is 38.9 Å². The zero-order valence-electron chi connectivity index (χ0n) is 7.79. The van der Waals surface area contributed by atoms with Crippen LogP contribution in [0.4, 0.5) is 18.9 Å². The van der Waals surface area contributed by atoms with Crippen molar-refractivity contribution in [3.8, 4) is 0 Å². The van der Waals surface area contributed by atoms with Crippen molar-refractivity contribution in [1.29, 1.82) is 0 Å². The van der Waals surface area contributed by atoms with Gasteiger partial charge in [0.2, 0.25) is 0 Å². The maximum absolute atomic E-state index is 12.4. The lowest BCUT2D eigenvalue weighted by Gasteiger charge is -2.10. The quantitative estimate of drug-likeness (QED) is 0.661. The lowest BCUT2D eigenvalue weighted by Crippen LogP contribution is -2.13. The molecule has 0 bridgehead atoms. The summed E-state index contributed by atoms with van der Waals surface area (Å²) in [5, 5.41) is 18.2. The largest absolute Gasteiger partial charge is 0.478 e. The summed E-state index contributed by atoms with van der Waals surface area (Å²) < 4.78 is 37.3. The molecule has 0 heterocycles. The highest BCUT2D eigenvalue weighted by Crippen LogP contribution is 2.37. The number of carboxylic acid groups (broad SMARTS) is 1. The molecule has 0 aliphatic heterocycles. The summed E-state index contributed by atoms with van der Waals surface area (Å²) in [6.07, 6.45) is -4.95. The van der Waals surface area contributed by atoms with Crippen molar-refractivity contribution in [2.75, 3.05) is 0 Å². The molecule has 1 N–H and O–H groups in total. The number of benzene rings is 1. The van der Waals surface area contributed by atoms with Crippen LogP contribution in [-0.4, -0.2) is 16.0 Å². The van der Waals surface area contributed by atoms with E-state index in [1.807, 2.05) is 0 Å². The smallest absolute Gasteiger partial charge is 0.417 e. The lowest BCUT2D eigenvalue weighted by molar-refractivity contribution is -0.384. The van der Waals surface area contributed by atoms with Crippen molar-refractivity contribution >= 4 is 23.3 Å². The van der Waals surface area contributed by atoms with E-state index >= 15 is 0 Å². The molecule has 1 aromatic rings. The van der Waals surface area contributed by atoms with Crippen LogP contribution in [0.1, 0.15) is 15.9 Å². The summed E-state index contributed by atoms with van der Waals surface area (Å²) in [5.41, 5.74) is -3.63. The predicted octanol–water partition coefficient (Wildman–Crippen LogP) is 2.97. The molecule has 1 aromatic carbocycles. The number of rotatable bonds is 2. The van der Waals surface area contributed by atoms with E-state index in [2.05, 4.69) is 0 Å². The fourth-order valence-corrected chi connectivity index (χ4v) is 1.35. The molecule has 0 saturated carbocycles. The van der Waals surface area contributed by atoms with E-state index in [0.29, 0.717) is 0 Å². The van der Waals surface area contributed by atoms with E-state index in [1.54, 1.807) is 0 Å². The number of carbonyl (C=O) groups is 1. The molecule has 1 rings (SSSR count). The van der Waals surface area contributed by atoms with Crippen LogP contribution in [0.2, 0.25) is 5.02 Å². The van der Waals surface area contributed by atoms with Crippen LogP contribution in [0.25, 0.3) is 0 Å². The normalized spacial score (nSPS) is 11.3. The Kier molecular flexibility index (Phi) is 3.28. The van der Waals surface area contributed by atoms with Crippen molar-refractivity contribution in [3.63, 3.8) is 0 Å². The van der Waals surface area contributed by atoms with Gasteiger partial charge in [0.05, 0.1) is 16.1 Å². The molecule has 0 unspecified atom stereocenters. The highest BCUT2D eigenvalue weighted by Gasteiger charge is 2.37. The zero-order chi connectivity index (χ0) is 13.4. The first-order chi connectivity index (χ1) is 7.64. The summed E-state index contributed by atoms with van der Waals surface area (Å²) in [5.74, 6) is -1.92. The summed E-state index contributed by atoms with van der Waals surface area (Å²) >= 11 is 5.27. The molecule has 0 radical (unpaired) electrons. The molecule has 0 aromatic heterocycles. The van der Waals surface area contributed by atoms with Crippen molar-refractivity contribution in [1.82, 2.24) is 0 Å². The summed E-state index contributed by atoms with van der Waals surface area (Å²) in [4.78, 5) is 19.9. The van der Waals surface area contributed by atoms with Gasteiger partial charge >= 0.3 is 12.1 Å². The number of carboxylic acids is 1. The Balaban J connectivity index is 3.58. The van der Waals surface area contributed by atoms with Gasteiger partial charge < -0.3 is 5.11 Å². The minimum atomic E-state index is -4.95. The van der Waals surface area contributed by atoms with Crippen molar-refractivity contribution in [2.24, 2.45) is 0 Å². The molecule has 92 valence electrons. The third-order valence-corrected chi connectivity index (χ3v) is 2.12. The standard InChI is InChI=1S/C8H3ClF3NO4/c9-5-2-4(8(10,11)12)3(7(14)15)1-6(5)13(16)17/h1-2H,(H,14,15). The Morgan fingerprint density at radius 3 is 2.29 bits per heavy atom. The van der Waals surface area contributed by atoms with Crippen LogP contribution in [0.3, 0.4) is 0 Å². The van der Waals surface area contributed by atoms with Gasteiger partial charge in [-0.05, 0) is 6.07 Å². The monoisotopic (exact) mass is 269 g/mol. The minimum absolute atomic E-state index is 0.225. The van der Waals surface area contributed by atoms with Gasteiger partial charge in [-0.2, -0.15) is 13.2 Å². The number of hydrogen-bond donors (Lipinski definition) is 1. The molecular formula is C8H3ClF3NO4. The molecule has 17 heavy (non-hydrogen) atoms. The second-order valence-electron chi connectivity index (χ2n) is 2.91. The van der Waals surface area contributed by atoms with Crippen LogP contribution >= 0.6 is 11.6 Å². The molecule has 0 spiro atoms. The molecule has 0 fully saturated rings. The topological polar surface area (TPSA) is 80.4 Å². The summed E-state index contributed by atoms with van der Waals surface area (Å²) in [6, 6.07) is 0.511. The number of nitro groups is 1. The van der Waals surface area contributed by atoms with Crippen molar-refractivity contribution in [2.45, 2.75) is 6.18 Å². The third kappa shape index (κ3) is 2.64. The first kappa shape index (κ1) is 13.2. The molecule has 9 heteroatoms. The number of hydrogen-bond acceptors (Lipinski definition) is 3. The van der Waals surface area contributed by atoms with Gasteiger partial charge in [-0.25, -0.2) is 4.79 Å². The van der Waals surface area contributed by atoms with Gasteiger partial charge in [0.15, 0.2) is 0 Å². The van der Waals surface area contributed by atoms with Crippen LogP contribution < -0.4 is 0 Å². The zero-order valence-corrected chi connectivity index (χ0v) is 8.54. The van der Waals surface area contributed by atoms with Crippen LogP contribution in [0.15, 0.2) is 12.1 Å². The highest BCUT2D eigenvalue weighted by atomic mass is 35.5. The predicted molar refractivity (Wildman–Crippen MR) is 50.1 cm³/mol. The Labute approximate surface area is 96.6 Å². The number of halogens is 4. The van der Waals surface area contributed by atoms with E-state index in [4.69, 9.17) is 16.7 Å². The SMILES string of the molecule is O=C(O)c1cc([N+](=O)[O-])c(Cl)cc1C(F)(F)F. The molecule has 0 amide bonds. The van der Waals surface area contributed by atoms with Crippen LogP contribution in [-0.2, 0) is 6.18 Å². The van der Waals surface area contributed by atoms with Crippen molar-refractivity contribution < 1.29 is 28.0 Å². The molecule has 0 aliphatic carbocycles. The van der Waals surface area contributed by atoms with E-state index in [9.17, 15) is 28.1 Å². The minimum Gasteiger partial charge on any atom is -0.478 e. The van der Waals surface area contributed by atoms with Gasteiger partial charge in [0.25, 0.3) is 5.69 Å². The number of aromatic carboxylic acids is 1. The summed E-state index contributed by atoms with van der Waals surface area (Å²) in [7, 11) is 0. The highest BCUT2D eigenvalue weighted by molar-refractivity contribution is 6.32. The van der Waals surface area contributed by atoms with Crippen molar-refractivity contribution in [3.05, 3.63) is 38.4 Å². The van der Waals surface area contributed by atoms with E-state index in [-0.39, 0.29) is 12.1 Å². The van der Waals surface area contributed by atoms with E-state index in [0.717, 1.165) is 0 Å².